The highest BCUT2D eigenvalue weighted by Gasteiger charge is 2.65. The molecule has 19 atom stereocenters. The molecule has 14 heteroatoms. The molecule has 0 amide bonds. The van der Waals surface area contributed by atoms with Gasteiger partial charge in [0.1, 0.15) is 48.3 Å². The minimum Gasteiger partial charge on any atom is -0.459 e. The van der Waals surface area contributed by atoms with E-state index in [0.29, 0.717) is 44.9 Å². The number of rotatable bonds is 1. The molecule has 61 heavy (non-hydrogen) atoms. The van der Waals surface area contributed by atoms with Crippen molar-refractivity contribution in [2.75, 3.05) is 6.61 Å². The summed E-state index contributed by atoms with van der Waals surface area (Å²) in [6, 6.07) is 0. The van der Waals surface area contributed by atoms with E-state index in [4.69, 9.17) is 42.6 Å². The first-order valence-electron chi connectivity index (χ1n) is 23.3. The number of ketones is 1. The lowest BCUT2D eigenvalue weighted by Gasteiger charge is -2.47. The second-order valence-electron chi connectivity index (χ2n) is 21.3. The molecule has 9 rings (SSSR count). The third-order valence-corrected chi connectivity index (χ3v) is 15.9. The molecule has 0 aliphatic carbocycles. The predicted molar refractivity (Wildman–Crippen MR) is 218 cm³/mol. The molecule has 342 valence electrons. The van der Waals surface area contributed by atoms with Crippen molar-refractivity contribution in [1.29, 1.82) is 0 Å². The van der Waals surface area contributed by atoms with Crippen molar-refractivity contribution >= 4 is 11.8 Å². The van der Waals surface area contributed by atoms with E-state index >= 15 is 0 Å². The van der Waals surface area contributed by atoms with Crippen LogP contribution in [0.4, 0.5) is 0 Å². The summed E-state index contributed by atoms with van der Waals surface area (Å²) in [7, 11) is 0. The highest BCUT2D eigenvalue weighted by molar-refractivity contribution is 5.86. The Labute approximate surface area is 360 Å². The van der Waals surface area contributed by atoms with Crippen molar-refractivity contribution in [3.8, 4) is 0 Å². The quantitative estimate of drug-likeness (QED) is 0.291. The lowest BCUT2D eigenvalue weighted by atomic mass is 9.87. The maximum absolute atomic E-state index is 14.1. The SMILES string of the molecule is CC1=C/[C@@H](C)C[C@]2(C)CC[C@H](O2)[C@]23CC[C@](C)(C[C@H](O2)[C@@H]2O[C@@](C)(CC2=O)[C@@H](O)[C@H]2CC[C@@]4(CCC[C@@H](O4)[C@H](C)C(=O)O[C@H]4C[C@H]([C@]5(O)OCC[C@H](C)[C@@H]5O)O[C@H]4/C=C\1)O2)O3. The van der Waals surface area contributed by atoms with Crippen LogP contribution < -0.4 is 0 Å². The fourth-order valence-corrected chi connectivity index (χ4v) is 12.5. The number of aliphatic hydroxyl groups excluding tert-OH is 2. The number of fused-ring (bicyclic) bond motifs is 10. The third kappa shape index (κ3) is 8.14. The summed E-state index contributed by atoms with van der Waals surface area (Å²) < 4.78 is 59.0. The zero-order chi connectivity index (χ0) is 43.3. The van der Waals surface area contributed by atoms with Gasteiger partial charge in [0.15, 0.2) is 17.4 Å². The highest BCUT2D eigenvalue weighted by atomic mass is 16.8. The van der Waals surface area contributed by atoms with Crippen LogP contribution in [0, 0.1) is 17.8 Å². The van der Waals surface area contributed by atoms with Crippen LogP contribution in [0.15, 0.2) is 23.8 Å². The number of carbonyl (C=O) groups is 2. The summed E-state index contributed by atoms with van der Waals surface area (Å²) in [6.07, 6.45) is 6.36. The maximum Gasteiger partial charge on any atom is 0.311 e. The molecule has 9 heterocycles. The summed E-state index contributed by atoms with van der Waals surface area (Å²) in [5.41, 5.74) is -1.17. The Morgan fingerprint density at radius 2 is 1.54 bits per heavy atom. The lowest BCUT2D eigenvalue weighted by Crippen LogP contribution is -2.59. The summed E-state index contributed by atoms with van der Waals surface area (Å²) in [4.78, 5) is 28.0. The van der Waals surface area contributed by atoms with Crippen LogP contribution in [0.25, 0.3) is 0 Å². The molecule has 10 bridgehead atoms. The van der Waals surface area contributed by atoms with Crippen LogP contribution in [0.1, 0.15) is 138 Å². The first-order chi connectivity index (χ1) is 28.7. The van der Waals surface area contributed by atoms with Gasteiger partial charge in [-0.25, -0.2) is 0 Å². The Balaban J connectivity index is 1.00. The number of carbonyl (C=O) groups excluding carboxylic acids is 2. The molecule has 2 spiro atoms. The van der Waals surface area contributed by atoms with Crippen molar-refractivity contribution in [2.24, 2.45) is 17.8 Å². The maximum atomic E-state index is 14.1. The zero-order valence-corrected chi connectivity index (χ0v) is 37.2. The second kappa shape index (κ2) is 16.0. The molecule has 9 aliphatic rings. The Morgan fingerprint density at radius 3 is 2.34 bits per heavy atom. The normalized spacial score (nSPS) is 55.7. The average molecular weight is 859 g/mol. The molecule has 8 fully saturated rings. The number of allylic oxidation sites excluding steroid dienone is 3. The first-order valence-corrected chi connectivity index (χ1v) is 23.3. The van der Waals surface area contributed by atoms with E-state index in [2.05, 4.69) is 26.8 Å². The summed E-state index contributed by atoms with van der Waals surface area (Å²) in [5.74, 6) is -5.28. The van der Waals surface area contributed by atoms with E-state index in [0.717, 1.165) is 37.7 Å². The molecule has 0 radical (unpaired) electrons. The topological polar surface area (TPSA) is 178 Å². The van der Waals surface area contributed by atoms with Gasteiger partial charge in [-0.05, 0) is 97.8 Å². The van der Waals surface area contributed by atoms with E-state index < -0.39 is 101 Å². The van der Waals surface area contributed by atoms with Crippen LogP contribution in [0.3, 0.4) is 0 Å². The van der Waals surface area contributed by atoms with Crippen LogP contribution in [-0.4, -0.2) is 129 Å². The number of hydrogen-bond acceptors (Lipinski definition) is 14. The largest absolute Gasteiger partial charge is 0.459 e. The van der Waals surface area contributed by atoms with Crippen molar-refractivity contribution in [3.05, 3.63) is 23.8 Å². The number of hydrogen-bond donors (Lipinski definition) is 3. The van der Waals surface area contributed by atoms with Crippen molar-refractivity contribution in [1.82, 2.24) is 0 Å². The van der Waals surface area contributed by atoms with Crippen molar-refractivity contribution in [2.45, 2.75) is 234 Å². The van der Waals surface area contributed by atoms with Gasteiger partial charge in [0, 0.05) is 38.5 Å². The van der Waals surface area contributed by atoms with E-state index in [1.165, 1.54) is 0 Å². The Bertz CT molecular complexity index is 1750. The monoisotopic (exact) mass is 858 g/mol. The summed E-state index contributed by atoms with van der Waals surface area (Å²) >= 11 is 0. The zero-order valence-electron chi connectivity index (χ0n) is 37.2. The molecule has 9 aliphatic heterocycles. The van der Waals surface area contributed by atoms with Gasteiger partial charge in [-0.1, -0.05) is 37.6 Å². The van der Waals surface area contributed by atoms with Gasteiger partial charge in [-0.2, -0.15) is 0 Å². The van der Waals surface area contributed by atoms with Gasteiger partial charge in [-0.3, -0.25) is 9.59 Å². The Kier molecular flexibility index (Phi) is 11.6. The molecule has 0 aromatic rings. The number of Topliss-reactive ketones (excluding diaryl/α,β-unsaturated/α-hetero) is 1. The highest BCUT2D eigenvalue weighted by Crippen LogP contribution is 2.55. The predicted octanol–water partition coefficient (Wildman–Crippen LogP) is 5.25. The van der Waals surface area contributed by atoms with Gasteiger partial charge in [0.25, 0.3) is 0 Å². The number of ether oxygens (including phenoxy) is 9. The van der Waals surface area contributed by atoms with Crippen LogP contribution in [0.5, 0.6) is 0 Å². The van der Waals surface area contributed by atoms with Gasteiger partial charge < -0.3 is 58.0 Å². The van der Waals surface area contributed by atoms with Crippen LogP contribution >= 0.6 is 0 Å². The van der Waals surface area contributed by atoms with Gasteiger partial charge >= 0.3 is 5.97 Å². The standard InChI is InChI=1S/C47H70O14/c1-26-10-11-32-34(22-37(54-32)47(52)39(49)28(3)14-20-53-47)55-41(51)29(4)31-9-8-15-45(56-31)17-12-33(57-45)40(50)44(7)24-30(48)38(60-44)35-25-43(6)18-19-46(58-35,61-43)36-13-16-42(5,59-36)23-27(2)21-26/h10-11,21,27-29,31-40,49-50,52H,8-9,12-20,22-25H2,1-7H3/b11-10-,26-21-/t27-,28+,29+,31-,32+,33-,34+,35+,36+,37-,38-,39+,40+,42+,43-,44+,45-,46-,47+/m1/s1. The van der Waals surface area contributed by atoms with Crippen LogP contribution in [-0.2, 0) is 52.2 Å². The summed E-state index contributed by atoms with van der Waals surface area (Å²) in [5, 5.41) is 34.8. The van der Waals surface area contributed by atoms with Gasteiger partial charge in [-0.15, -0.1) is 0 Å². The molecule has 3 N–H and O–H groups in total. The van der Waals surface area contributed by atoms with Crippen molar-refractivity contribution < 1.29 is 67.5 Å². The number of esters is 1. The molecule has 0 aromatic carbocycles. The fraction of sp³-hybridized carbons (Fsp3) is 0.872. The van der Waals surface area contributed by atoms with Crippen molar-refractivity contribution in [3.63, 3.8) is 0 Å². The summed E-state index contributed by atoms with van der Waals surface area (Å²) in [6.45, 7) is 14.1. The van der Waals surface area contributed by atoms with E-state index in [1.807, 2.05) is 26.0 Å². The van der Waals surface area contributed by atoms with Gasteiger partial charge in [0.05, 0.1) is 42.0 Å². The molecule has 14 nitrogen and oxygen atoms in total. The Hall–Kier alpha value is -1.82. The number of aliphatic hydroxyl groups is 3. The van der Waals surface area contributed by atoms with E-state index in [1.54, 1.807) is 13.8 Å². The molecule has 8 saturated heterocycles. The fourth-order valence-electron chi connectivity index (χ4n) is 12.5. The molecule has 0 unspecified atom stereocenters. The second-order valence-corrected chi connectivity index (χ2v) is 21.3. The third-order valence-electron chi connectivity index (χ3n) is 15.9. The minimum atomic E-state index is -1.95. The average Bonchev–Trinajstić information content (AvgIpc) is 4.02. The molecular weight excluding hydrogens is 789 g/mol. The molecule has 0 aromatic heterocycles. The van der Waals surface area contributed by atoms with E-state index in [-0.39, 0.29) is 43.2 Å². The minimum absolute atomic E-state index is 0.0222. The first kappa shape index (κ1) is 44.4. The van der Waals surface area contributed by atoms with Gasteiger partial charge in [0.2, 0.25) is 5.79 Å². The smallest absolute Gasteiger partial charge is 0.311 e. The Morgan fingerprint density at radius 1 is 0.754 bits per heavy atom. The molecular formula is C47H70O14. The lowest BCUT2D eigenvalue weighted by molar-refractivity contribution is -0.359. The molecule has 0 saturated carbocycles. The van der Waals surface area contributed by atoms with E-state index in [9.17, 15) is 24.9 Å². The van der Waals surface area contributed by atoms with Crippen LogP contribution in [0.2, 0.25) is 0 Å².